The van der Waals surface area contributed by atoms with Gasteiger partial charge in [-0.2, -0.15) is 0 Å². The van der Waals surface area contributed by atoms with Gasteiger partial charge in [0.2, 0.25) is 0 Å². The van der Waals surface area contributed by atoms with E-state index in [0.717, 1.165) is 12.8 Å². The number of allylic oxidation sites excluding steroid dienone is 3. The van der Waals surface area contributed by atoms with Gasteiger partial charge in [-0.3, -0.25) is 9.59 Å². The summed E-state index contributed by atoms with van der Waals surface area (Å²) in [6.45, 7) is 2.18. The summed E-state index contributed by atoms with van der Waals surface area (Å²) in [5, 5.41) is 18.2. The monoisotopic (exact) mass is 310 g/mol. The fraction of sp³-hybridized carbons (Fsp3) is 0.667. The molecule has 22 heavy (non-hydrogen) atoms. The molecule has 0 radical (unpaired) electrons. The zero-order valence-electron chi connectivity index (χ0n) is 13.7. The summed E-state index contributed by atoms with van der Waals surface area (Å²) in [7, 11) is 0. The third kappa shape index (κ3) is 15.0. The highest BCUT2D eigenvalue weighted by molar-refractivity contribution is 5.79. The summed E-state index contributed by atoms with van der Waals surface area (Å²) in [6, 6.07) is 0. The van der Waals surface area contributed by atoms with Crippen LogP contribution in [0, 0.1) is 0 Å². The molecular weight excluding hydrogens is 280 g/mol. The molecule has 1 unspecified atom stereocenters. The summed E-state index contributed by atoms with van der Waals surface area (Å²) in [5.74, 6) is -0.851. The van der Waals surface area contributed by atoms with E-state index in [1.165, 1.54) is 19.3 Å². The van der Waals surface area contributed by atoms with Crippen LogP contribution in [0.1, 0.15) is 71.1 Å². The summed E-state index contributed by atoms with van der Waals surface area (Å²) in [6.07, 6.45) is 14.2. The Labute approximate surface area is 133 Å². The molecule has 1 atom stereocenters. The van der Waals surface area contributed by atoms with E-state index >= 15 is 0 Å². The van der Waals surface area contributed by atoms with Gasteiger partial charge in [0.05, 0.1) is 6.10 Å². The molecule has 0 aromatic carbocycles. The number of aliphatic carboxylic acids is 1. The van der Waals surface area contributed by atoms with Crippen molar-refractivity contribution >= 4 is 11.8 Å². The molecule has 0 aromatic heterocycles. The smallest absolute Gasteiger partial charge is 0.303 e. The van der Waals surface area contributed by atoms with E-state index in [0.29, 0.717) is 19.3 Å². The summed E-state index contributed by atoms with van der Waals surface area (Å²) in [4.78, 5) is 21.9. The maximum absolute atomic E-state index is 11.6. The van der Waals surface area contributed by atoms with Gasteiger partial charge in [0.1, 0.15) is 5.78 Å². The Bertz CT molecular complexity index is 358. The Kier molecular flexibility index (Phi) is 13.6. The van der Waals surface area contributed by atoms with E-state index in [-0.39, 0.29) is 18.6 Å². The lowest BCUT2D eigenvalue weighted by atomic mass is 10.1. The number of hydrogen-bond donors (Lipinski definition) is 2. The molecule has 4 nitrogen and oxygen atoms in total. The Morgan fingerprint density at radius 1 is 1.00 bits per heavy atom. The Morgan fingerprint density at radius 2 is 1.73 bits per heavy atom. The summed E-state index contributed by atoms with van der Waals surface area (Å²) < 4.78 is 0. The molecule has 0 aliphatic rings. The standard InChI is InChI=1S/C18H30O4/c1-2-3-4-5-6-7-8-9-12-16(19)15-17(20)13-10-11-14-18(21)22/h6-7,9,12,16,19H,2-5,8,10-11,13-15H2,1H3,(H,21,22). The van der Waals surface area contributed by atoms with Crippen LogP contribution in [0.3, 0.4) is 0 Å². The van der Waals surface area contributed by atoms with Crippen LogP contribution in [0.5, 0.6) is 0 Å². The molecule has 0 fully saturated rings. The molecule has 0 bridgehead atoms. The quantitative estimate of drug-likeness (QED) is 0.375. The number of carbonyl (C=O) groups excluding carboxylic acids is 1. The first kappa shape index (κ1) is 20.6. The van der Waals surface area contributed by atoms with Gasteiger partial charge in [-0.1, -0.05) is 44.1 Å². The van der Waals surface area contributed by atoms with Crippen molar-refractivity contribution in [3.8, 4) is 0 Å². The van der Waals surface area contributed by atoms with Gasteiger partial charge in [-0.05, 0) is 32.1 Å². The zero-order valence-corrected chi connectivity index (χ0v) is 13.7. The van der Waals surface area contributed by atoms with Crippen molar-refractivity contribution in [2.24, 2.45) is 0 Å². The number of ketones is 1. The molecule has 0 saturated carbocycles. The van der Waals surface area contributed by atoms with E-state index in [1.807, 2.05) is 6.08 Å². The highest BCUT2D eigenvalue weighted by Gasteiger charge is 2.08. The van der Waals surface area contributed by atoms with Crippen LogP contribution in [0.15, 0.2) is 24.3 Å². The molecule has 4 heteroatoms. The maximum Gasteiger partial charge on any atom is 0.303 e. The first-order valence-corrected chi connectivity index (χ1v) is 8.29. The van der Waals surface area contributed by atoms with Crippen LogP contribution in [0.4, 0.5) is 0 Å². The van der Waals surface area contributed by atoms with Crippen molar-refractivity contribution in [3.05, 3.63) is 24.3 Å². The molecule has 0 heterocycles. The van der Waals surface area contributed by atoms with E-state index in [2.05, 4.69) is 19.1 Å². The molecule has 126 valence electrons. The molecule has 0 spiro atoms. The van der Waals surface area contributed by atoms with Crippen molar-refractivity contribution in [3.63, 3.8) is 0 Å². The van der Waals surface area contributed by atoms with E-state index in [1.54, 1.807) is 6.08 Å². The summed E-state index contributed by atoms with van der Waals surface area (Å²) >= 11 is 0. The van der Waals surface area contributed by atoms with E-state index < -0.39 is 12.1 Å². The molecule has 0 saturated heterocycles. The average molecular weight is 310 g/mol. The maximum atomic E-state index is 11.6. The van der Waals surface area contributed by atoms with E-state index in [4.69, 9.17) is 5.11 Å². The number of Topliss-reactive ketones (excluding diaryl/α,β-unsaturated/α-hetero) is 1. The topological polar surface area (TPSA) is 74.6 Å². The van der Waals surface area contributed by atoms with Crippen LogP contribution < -0.4 is 0 Å². The molecular formula is C18H30O4. The van der Waals surface area contributed by atoms with Crippen LogP contribution in [-0.4, -0.2) is 28.1 Å². The zero-order chi connectivity index (χ0) is 16.6. The number of carboxylic acids is 1. The fourth-order valence-corrected chi connectivity index (χ4v) is 2.04. The van der Waals surface area contributed by atoms with Crippen molar-refractivity contribution in [2.75, 3.05) is 0 Å². The Hall–Kier alpha value is -1.42. The second kappa shape index (κ2) is 14.5. The van der Waals surface area contributed by atoms with Gasteiger partial charge >= 0.3 is 5.97 Å². The second-order valence-electron chi connectivity index (χ2n) is 5.54. The van der Waals surface area contributed by atoms with Gasteiger partial charge in [0, 0.05) is 19.3 Å². The molecule has 0 amide bonds. The van der Waals surface area contributed by atoms with Crippen molar-refractivity contribution in [2.45, 2.75) is 77.2 Å². The molecule has 0 rings (SSSR count). The first-order chi connectivity index (χ1) is 10.6. The first-order valence-electron chi connectivity index (χ1n) is 8.29. The van der Waals surface area contributed by atoms with Crippen LogP contribution in [-0.2, 0) is 9.59 Å². The molecule has 0 aliphatic carbocycles. The number of hydrogen-bond acceptors (Lipinski definition) is 3. The number of carbonyl (C=O) groups is 2. The van der Waals surface area contributed by atoms with Crippen LogP contribution in [0.2, 0.25) is 0 Å². The van der Waals surface area contributed by atoms with Gasteiger partial charge in [-0.15, -0.1) is 0 Å². The number of unbranched alkanes of at least 4 members (excludes halogenated alkanes) is 4. The number of aliphatic hydroxyl groups is 1. The van der Waals surface area contributed by atoms with Crippen LogP contribution >= 0.6 is 0 Å². The minimum atomic E-state index is -0.835. The second-order valence-corrected chi connectivity index (χ2v) is 5.54. The Balaban J connectivity index is 3.65. The molecule has 0 aromatic rings. The Morgan fingerprint density at radius 3 is 2.41 bits per heavy atom. The lowest BCUT2D eigenvalue weighted by Crippen LogP contribution is -2.10. The van der Waals surface area contributed by atoms with Crippen LogP contribution in [0.25, 0.3) is 0 Å². The number of rotatable bonds is 14. The highest BCUT2D eigenvalue weighted by atomic mass is 16.4. The average Bonchev–Trinajstić information content (AvgIpc) is 2.46. The number of carboxylic acid groups (broad SMARTS) is 1. The normalized spacial score (nSPS) is 13.0. The van der Waals surface area contributed by atoms with Crippen molar-refractivity contribution < 1.29 is 19.8 Å². The fourth-order valence-electron chi connectivity index (χ4n) is 2.04. The highest BCUT2D eigenvalue weighted by Crippen LogP contribution is 2.06. The molecule has 0 aliphatic heterocycles. The van der Waals surface area contributed by atoms with Gasteiger partial charge < -0.3 is 10.2 Å². The SMILES string of the molecule is CCCCCC=CCC=CC(O)CC(=O)CCCCC(=O)O. The van der Waals surface area contributed by atoms with E-state index in [9.17, 15) is 14.7 Å². The molecule has 2 N–H and O–H groups in total. The minimum absolute atomic E-state index is 0.0161. The minimum Gasteiger partial charge on any atom is -0.481 e. The summed E-state index contributed by atoms with van der Waals surface area (Å²) in [5.41, 5.74) is 0. The van der Waals surface area contributed by atoms with Gasteiger partial charge in [0.15, 0.2) is 0 Å². The van der Waals surface area contributed by atoms with Gasteiger partial charge in [0.25, 0.3) is 0 Å². The third-order valence-corrected chi connectivity index (χ3v) is 3.30. The lowest BCUT2D eigenvalue weighted by Gasteiger charge is -2.04. The predicted molar refractivity (Wildman–Crippen MR) is 88.8 cm³/mol. The lowest BCUT2D eigenvalue weighted by molar-refractivity contribution is -0.137. The number of aliphatic hydroxyl groups excluding tert-OH is 1. The van der Waals surface area contributed by atoms with Crippen molar-refractivity contribution in [1.82, 2.24) is 0 Å². The van der Waals surface area contributed by atoms with Crippen molar-refractivity contribution in [1.29, 1.82) is 0 Å². The third-order valence-electron chi connectivity index (χ3n) is 3.30. The largest absolute Gasteiger partial charge is 0.481 e. The predicted octanol–water partition coefficient (Wildman–Crippen LogP) is 4.03. The van der Waals surface area contributed by atoms with Gasteiger partial charge in [-0.25, -0.2) is 0 Å².